The highest BCUT2D eigenvalue weighted by Crippen LogP contribution is 1.99. The summed E-state index contributed by atoms with van der Waals surface area (Å²) < 4.78 is 12.4. The van der Waals surface area contributed by atoms with E-state index >= 15 is 0 Å². The molecule has 1 radical (unpaired) electrons. The number of halogens is 1. The average Bonchev–Trinajstić information content (AvgIpc) is 2.08. The third-order valence-electron chi connectivity index (χ3n) is 1.27. The van der Waals surface area contributed by atoms with Crippen LogP contribution in [0.1, 0.15) is 5.56 Å². The zero-order valence-electron chi connectivity index (χ0n) is 6.83. The molecule has 1 aromatic rings. The monoisotopic (exact) mass is 179 g/mol. The van der Waals surface area contributed by atoms with Crippen LogP contribution < -0.4 is 5.43 Å². The number of nitrogens with zero attached hydrogens (tertiary/aromatic N) is 1. The molecule has 0 aromatic heterocycles. The molecular weight excluding hydrogens is 171 g/mol. The summed E-state index contributed by atoms with van der Waals surface area (Å²) in [6, 6.07) is 5.73. The summed E-state index contributed by atoms with van der Waals surface area (Å²) in [5.41, 5.74) is 2.84. The van der Waals surface area contributed by atoms with Crippen molar-refractivity contribution in [3.8, 4) is 0 Å². The van der Waals surface area contributed by atoms with Crippen LogP contribution in [0.15, 0.2) is 29.4 Å². The molecule has 0 spiro atoms. The van der Waals surface area contributed by atoms with Crippen LogP contribution in [0.2, 0.25) is 0 Å². The van der Waals surface area contributed by atoms with Gasteiger partial charge in [0.15, 0.2) is 0 Å². The number of amides is 1. The molecule has 0 aliphatic carbocycles. The normalized spacial score (nSPS) is 10.3. The number of hydrogen-bond acceptors (Lipinski definition) is 2. The molecule has 1 amide bonds. The van der Waals surface area contributed by atoms with Crippen molar-refractivity contribution in [3.63, 3.8) is 0 Å². The maximum atomic E-state index is 12.4. The highest BCUT2D eigenvalue weighted by atomic mass is 19.1. The lowest BCUT2D eigenvalue weighted by Gasteiger charge is -1.92. The molecule has 0 aliphatic heterocycles. The van der Waals surface area contributed by atoms with Crippen molar-refractivity contribution in [2.24, 2.45) is 5.10 Å². The van der Waals surface area contributed by atoms with E-state index in [4.69, 9.17) is 0 Å². The Balaban J connectivity index is 2.59. The van der Waals surface area contributed by atoms with E-state index in [1.807, 2.05) is 0 Å². The number of nitrogens with one attached hydrogen (secondary N) is 1. The van der Waals surface area contributed by atoms with Crippen molar-refractivity contribution in [1.29, 1.82) is 0 Å². The van der Waals surface area contributed by atoms with Gasteiger partial charge >= 0.3 is 0 Å². The summed E-state index contributed by atoms with van der Waals surface area (Å²) in [6.45, 7) is 3.06. The Morgan fingerprint density at radius 3 is 2.62 bits per heavy atom. The van der Waals surface area contributed by atoms with Gasteiger partial charge in [0.25, 0.3) is 0 Å². The molecule has 0 saturated heterocycles. The molecule has 0 atom stereocenters. The smallest absolute Gasteiger partial charge is 0.240 e. The van der Waals surface area contributed by atoms with Crippen LogP contribution in [-0.4, -0.2) is 12.1 Å². The van der Waals surface area contributed by atoms with E-state index in [2.05, 4.69) is 17.5 Å². The Morgan fingerprint density at radius 2 is 2.08 bits per heavy atom. The molecule has 4 heteroatoms. The molecule has 0 saturated carbocycles. The number of rotatable bonds is 2. The van der Waals surface area contributed by atoms with Crippen LogP contribution in [0.25, 0.3) is 0 Å². The minimum Gasteiger partial charge on any atom is -0.273 e. The van der Waals surface area contributed by atoms with Gasteiger partial charge in [-0.25, -0.2) is 9.82 Å². The lowest BCUT2D eigenvalue weighted by Crippen LogP contribution is -2.12. The third-order valence-corrected chi connectivity index (χ3v) is 1.27. The van der Waals surface area contributed by atoms with Crippen LogP contribution >= 0.6 is 0 Å². The van der Waals surface area contributed by atoms with Gasteiger partial charge in [-0.15, -0.1) is 0 Å². The van der Waals surface area contributed by atoms with E-state index in [0.717, 1.165) is 0 Å². The summed E-state index contributed by atoms with van der Waals surface area (Å²) >= 11 is 0. The van der Waals surface area contributed by atoms with Gasteiger partial charge in [-0.3, -0.25) is 4.79 Å². The summed E-state index contributed by atoms with van der Waals surface area (Å²) in [5, 5.41) is 3.56. The fraction of sp³-hybridized carbons (Fsp3) is 0. The minimum atomic E-state index is -0.488. The number of hydrazone groups is 1. The molecule has 1 rings (SSSR count). The van der Waals surface area contributed by atoms with Crippen molar-refractivity contribution >= 4 is 12.1 Å². The topological polar surface area (TPSA) is 41.5 Å². The van der Waals surface area contributed by atoms with Crippen molar-refractivity contribution in [2.45, 2.75) is 0 Å². The number of hydrogen-bond donors (Lipinski definition) is 1. The van der Waals surface area contributed by atoms with Gasteiger partial charge in [0.05, 0.1) is 6.21 Å². The Kier molecular flexibility index (Phi) is 3.14. The van der Waals surface area contributed by atoms with Crippen LogP contribution in [0, 0.1) is 12.7 Å². The second kappa shape index (κ2) is 4.35. The van der Waals surface area contributed by atoms with Crippen LogP contribution in [-0.2, 0) is 4.79 Å². The van der Waals surface area contributed by atoms with Crippen molar-refractivity contribution in [2.75, 3.05) is 0 Å². The Hall–Kier alpha value is -1.71. The first kappa shape index (κ1) is 9.38. The zero-order chi connectivity index (χ0) is 9.68. The molecule has 0 aliphatic rings. The number of carbonyl (C=O) groups excluding carboxylic acids is 1. The second-order valence-electron chi connectivity index (χ2n) is 2.34. The average molecular weight is 179 g/mol. The molecule has 0 bridgehead atoms. The van der Waals surface area contributed by atoms with E-state index in [0.29, 0.717) is 5.56 Å². The van der Waals surface area contributed by atoms with Gasteiger partial charge < -0.3 is 0 Å². The fourth-order valence-electron chi connectivity index (χ4n) is 0.728. The first-order valence-electron chi connectivity index (χ1n) is 3.59. The quantitative estimate of drug-likeness (QED) is 0.536. The van der Waals surface area contributed by atoms with Crippen molar-refractivity contribution in [3.05, 3.63) is 42.6 Å². The lowest BCUT2D eigenvalue weighted by molar-refractivity contribution is -0.116. The third kappa shape index (κ3) is 3.46. The van der Waals surface area contributed by atoms with Crippen LogP contribution in [0.3, 0.4) is 0 Å². The molecule has 1 aromatic carbocycles. The highest BCUT2D eigenvalue weighted by Gasteiger charge is 1.89. The molecule has 0 fully saturated rings. The Bertz CT molecular complexity index is 319. The van der Waals surface area contributed by atoms with E-state index in [-0.39, 0.29) is 5.82 Å². The molecule has 3 nitrogen and oxygen atoms in total. The molecule has 0 heterocycles. The van der Waals surface area contributed by atoms with Crippen LogP contribution in [0.4, 0.5) is 4.39 Å². The van der Waals surface area contributed by atoms with Gasteiger partial charge in [-0.1, -0.05) is 12.1 Å². The lowest BCUT2D eigenvalue weighted by atomic mass is 10.2. The summed E-state index contributed by atoms with van der Waals surface area (Å²) in [6.07, 6.45) is 1.41. The minimum absolute atomic E-state index is 0.307. The summed E-state index contributed by atoms with van der Waals surface area (Å²) in [5.74, 6) is -0.795. The highest BCUT2D eigenvalue weighted by molar-refractivity contribution is 5.83. The zero-order valence-corrected chi connectivity index (χ0v) is 6.83. The number of carbonyl (C=O) groups is 1. The maximum Gasteiger partial charge on any atom is 0.240 e. The standard InChI is InChI=1S/C9H8FN2O/c1-7(13)12-11-6-8-2-4-9(10)5-3-8/h2-6H,1H2,(H,12,13). The fourth-order valence-corrected chi connectivity index (χ4v) is 0.728. The summed E-state index contributed by atoms with van der Waals surface area (Å²) in [7, 11) is 0. The molecule has 0 unspecified atom stereocenters. The van der Waals surface area contributed by atoms with E-state index in [1.54, 1.807) is 12.1 Å². The van der Waals surface area contributed by atoms with E-state index in [1.165, 1.54) is 18.3 Å². The number of benzene rings is 1. The maximum absolute atomic E-state index is 12.4. The Morgan fingerprint density at radius 1 is 1.46 bits per heavy atom. The van der Waals surface area contributed by atoms with Gasteiger partial charge in [0.1, 0.15) is 5.82 Å². The predicted molar refractivity (Wildman–Crippen MR) is 47.5 cm³/mol. The van der Waals surface area contributed by atoms with Crippen LogP contribution in [0.5, 0.6) is 0 Å². The largest absolute Gasteiger partial charge is 0.273 e. The molecular formula is C9H8FN2O. The van der Waals surface area contributed by atoms with Gasteiger partial charge in [-0.05, 0) is 17.7 Å². The first-order chi connectivity index (χ1) is 6.18. The second-order valence-corrected chi connectivity index (χ2v) is 2.34. The van der Waals surface area contributed by atoms with Gasteiger partial charge in [-0.2, -0.15) is 5.10 Å². The molecule has 1 N–H and O–H groups in total. The van der Waals surface area contributed by atoms with Crippen molar-refractivity contribution < 1.29 is 9.18 Å². The SMILES string of the molecule is [CH2]C(=O)NN=Cc1ccc(F)cc1. The van der Waals surface area contributed by atoms with Gasteiger partial charge in [0, 0.05) is 6.92 Å². The molecule has 67 valence electrons. The van der Waals surface area contributed by atoms with E-state index < -0.39 is 5.91 Å². The first-order valence-corrected chi connectivity index (χ1v) is 3.59. The van der Waals surface area contributed by atoms with E-state index in [9.17, 15) is 9.18 Å². The molecule has 13 heavy (non-hydrogen) atoms. The summed E-state index contributed by atoms with van der Waals surface area (Å²) in [4.78, 5) is 10.3. The Labute approximate surface area is 75.3 Å². The predicted octanol–water partition coefficient (Wildman–Crippen LogP) is 1.11. The van der Waals surface area contributed by atoms with Gasteiger partial charge in [0.2, 0.25) is 5.91 Å². The van der Waals surface area contributed by atoms with Crippen molar-refractivity contribution in [1.82, 2.24) is 5.43 Å².